The molecule has 0 aromatic heterocycles. The zero-order chi connectivity index (χ0) is 12.0. The van der Waals surface area contributed by atoms with Gasteiger partial charge in [-0.3, -0.25) is 0 Å². The maximum atomic E-state index is 9.02. The van der Waals surface area contributed by atoms with Crippen molar-refractivity contribution in [1.82, 2.24) is 0 Å². The van der Waals surface area contributed by atoms with Gasteiger partial charge >= 0.3 is 0 Å². The van der Waals surface area contributed by atoms with Crippen LogP contribution in [0, 0.1) is 11.8 Å². The van der Waals surface area contributed by atoms with E-state index in [4.69, 9.17) is 9.84 Å². The Morgan fingerprint density at radius 2 is 1.94 bits per heavy atom. The highest BCUT2D eigenvalue weighted by atomic mass is 79.9. The first-order valence-electron chi connectivity index (χ1n) is 4.80. The summed E-state index contributed by atoms with van der Waals surface area (Å²) in [5.74, 6) is 6.49. The lowest BCUT2D eigenvalue weighted by molar-refractivity contribution is 0.281. The lowest BCUT2D eigenvalue weighted by atomic mass is 10.2. The molecule has 0 unspecified atom stereocenters. The summed E-state index contributed by atoms with van der Waals surface area (Å²) < 4.78 is 7.25. The quantitative estimate of drug-likeness (QED) is 0.667. The molecule has 1 rings (SSSR count). The van der Waals surface area contributed by atoms with Crippen molar-refractivity contribution < 1.29 is 9.84 Å². The van der Waals surface area contributed by atoms with Crippen LogP contribution in [0.25, 0.3) is 0 Å². The smallest absolute Gasteiger partial charge is 0.147 e. The predicted octanol–water partition coefficient (Wildman–Crippen LogP) is 3.50. The highest BCUT2D eigenvalue weighted by Gasteiger charge is 2.08. The van der Waals surface area contributed by atoms with Crippen molar-refractivity contribution in [3.05, 3.63) is 26.6 Å². The van der Waals surface area contributed by atoms with Crippen molar-refractivity contribution in [3.63, 3.8) is 0 Å². The summed E-state index contributed by atoms with van der Waals surface area (Å²) in [5, 5.41) is 9.02. The van der Waals surface area contributed by atoms with Crippen LogP contribution in [0.1, 0.15) is 18.9 Å². The van der Waals surface area contributed by atoms with Crippen LogP contribution < -0.4 is 4.74 Å². The van der Waals surface area contributed by atoms with E-state index in [9.17, 15) is 0 Å². The van der Waals surface area contributed by atoms with Gasteiger partial charge in [-0.05, 0) is 56.5 Å². The maximum Gasteiger partial charge on any atom is 0.147 e. The highest BCUT2D eigenvalue weighted by Crippen LogP contribution is 2.34. The van der Waals surface area contributed by atoms with Crippen LogP contribution >= 0.6 is 31.9 Å². The van der Waals surface area contributed by atoms with Gasteiger partial charge in [0.2, 0.25) is 0 Å². The minimum atomic E-state index is 0.0127. The number of benzene rings is 1. The summed E-state index contributed by atoms with van der Waals surface area (Å²) in [6.45, 7) is 2.37. The van der Waals surface area contributed by atoms with E-state index in [2.05, 4.69) is 43.7 Å². The summed E-state index contributed by atoms with van der Waals surface area (Å²) in [4.78, 5) is 0. The molecule has 1 N–H and O–H groups in total. The Balaban J connectivity index is 2.75. The Labute approximate surface area is 112 Å². The fraction of sp³-hybridized carbons (Fsp3) is 0.333. The van der Waals surface area contributed by atoms with Crippen LogP contribution in [0.3, 0.4) is 0 Å². The van der Waals surface area contributed by atoms with Gasteiger partial charge in [-0.2, -0.15) is 0 Å². The fourth-order valence-corrected chi connectivity index (χ4v) is 2.68. The van der Waals surface area contributed by atoms with Crippen LogP contribution in [0.5, 0.6) is 5.75 Å². The zero-order valence-electron chi connectivity index (χ0n) is 8.89. The molecule has 0 saturated heterocycles. The summed E-state index contributed by atoms with van der Waals surface area (Å²) >= 11 is 6.81. The van der Waals surface area contributed by atoms with Crippen molar-refractivity contribution in [3.8, 4) is 17.6 Å². The molecule has 0 atom stereocenters. The highest BCUT2D eigenvalue weighted by molar-refractivity contribution is 9.11. The zero-order valence-corrected chi connectivity index (χ0v) is 12.1. The molecule has 0 fully saturated rings. The predicted molar refractivity (Wildman–Crippen MR) is 71.3 cm³/mol. The van der Waals surface area contributed by atoms with Crippen molar-refractivity contribution in [2.45, 2.75) is 20.0 Å². The van der Waals surface area contributed by atoms with Crippen LogP contribution in [-0.4, -0.2) is 11.7 Å². The van der Waals surface area contributed by atoms with Crippen LogP contribution in [0.15, 0.2) is 21.1 Å². The molecule has 0 bridgehead atoms. The number of hydrogen-bond donors (Lipinski definition) is 1. The summed E-state index contributed by atoms with van der Waals surface area (Å²) in [6, 6.07) is 3.68. The lowest BCUT2D eigenvalue weighted by Crippen LogP contribution is -1.98. The van der Waals surface area contributed by atoms with E-state index < -0.39 is 0 Å². The topological polar surface area (TPSA) is 29.5 Å². The molecule has 86 valence electrons. The number of hydrogen-bond acceptors (Lipinski definition) is 2. The SMILES string of the molecule is CC#CCCOc1c(Br)cc(CO)cc1Br. The van der Waals surface area contributed by atoms with E-state index >= 15 is 0 Å². The minimum Gasteiger partial charge on any atom is -0.490 e. The third-order valence-electron chi connectivity index (χ3n) is 1.89. The Hall–Kier alpha value is -0.500. The van der Waals surface area contributed by atoms with Crippen molar-refractivity contribution in [1.29, 1.82) is 0 Å². The molecule has 0 aliphatic carbocycles. The minimum absolute atomic E-state index is 0.0127. The van der Waals surface area contributed by atoms with E-state index in [0.717, 1.165) is 20.3 Å². The van der Waals surface area contributed by atoms with Crippen LogP contribution in [0.2, 0.25) is 0 Å². The monoisotopic (exact) mass is 346 g/mol. The van der Waals surface area contributed by atoms with Crippen LogP contribution in [-0.2, 0) is 6.61 Å². The van der Waals surface area contributed by atoms with Gasteiger partial charge in [0.1, 0.15) is 5.75 Å². The Morgan fingerprint density at radius 1 is 1.31 bits per heavy atom. The molecule has 0 aliphatic rings. The molecule has 4 heteroatoms. The third kappa shape index (κ3) is 3.82. The molecule has 2 nitrogen and oxygen atoms in total. The summed E-state index contributed by atoms with van der Waals surface area (Å²) in [6.07, 6.45) is 0.705. The fourth-order valence-electron chi connectivity index (χ4n) is 1.17. The van der Waals surface area contributed by atoms with Gasteiger partial charge in [-0.25, -0.2) is 0 Å². The Bertz CT molecular complexity index is 396. The number of ether oxygens (including phenoxy) is 1. The molecule has 16 heavy (non-hydrogen) atoms. The maximum absolute atomic E-state index is 9.02. The normalized spacial score (nSPS) is 9.50. The Kier molecular flexibility index (Phi) is 5.89. The average molecular weight is 348 g/mol. The number of aliphatic hydroxyl groups excluding tert-OH is 1. The largest absolute Gasteiger partial charge is 0.490 e. The van der Waals surface area contributed by atoms with E-state index in [0.29, 0.717) is 13.0 Å². The second-order valence-electron chi connectivity index (χ2n) is 3.07. The van der Waals surface area contributed by atoms with Gasteiger partial charge in [0.05, 0.1) is 22.2 Å². The standard InChI is InChI=1S/C12H12Br2O2/c1-2-3-4-5-16-12-10(13)6-9(8-15)7-11(12)14/h6-7,15H,4-5,8H2,1H3. The van der Waals surface area contributed by atoms with Crippen LogP contribution in [0.4, 0.5) is 0 Å². The van der Waals surface area contributed by atoms with Crippen molar-refractivity contribution in [2.24, 2.45) is 0 Å². The van der Waals surface area contributed by atoms with Gasteiger partial charge < -0.3 is 9.84 Å². The lowest BCUT2D eigenvalue weighted by Gasteiger charge is -2.10. The van der Waals surface area contributed by atoms with Crippen molar-refractivity contribution in [2.75, 3.05) is 6.61 Å². The van der Waals surface area contributed by atoms with Gasteiger partial charge in [-0.1, -0.05) is 0 Å². The molecule has 1 aromatic rings. The molecule has 0 spiro atoms. The second kappa shape index (κ2) is 6.95. The molecular weight excluding hydrogens is 336 g/mol. The second-order valence-corrected chi connectivity index (χ2v) is 4.78. The Morgan fingerprint density at radius 3 is 2.44 bits per heavy atom. The average Bonchev–Trinajstić information content (AvgIpc) is 2.26. The van der Waals surface area contributed by atoms with E-state index in [-0.39, 0.29) is 6.61 Å². The summed E-state index contributed by atoms with van der Waals surface area (Å²) in [5.41, 5.74) is 0.833. The first-order chi connectivity index (χ1) is 7.69. The number of halogens is 2. The number of aliphatic hydroxyl groups is 1. The molecule has 0 amide bonds. The van der Waals surface area contributed by atoms with E-state index in [1.54, 1.807) is 0 Å². The van der Waals surface area contributed by atoms with E-state index in [1.165, 1.54) is 0 Å². The van der Waals surface area contributed by atoms with Gasteiger partial charge in [0.15, 0.2) is 0 Å². The summed E-state index contributed by atoms with van der Waals surface area (Å²) in [7, 11) is 0. The van der Waals surface area contributed by atoms with Gasteiger partial charge in [0, 0.05) is 6.42 Å². The first kappa shape index (κ1) is 13.6. The van der Waals surface area contributed by atoms with Crippen molar-refractivity contribution >= 4 is 31.9 Å². The molecular formula is C12H12Br2O2. The molecule has 1 aromatic carbocycles. The third-order valence-corrected chi connectivity index (χ3v) is 3.07. The van der Waals surface area contributed by atoms with Gasteiger partial charge in [0.25, 0.3) is 0 Å². The molecule has 0 heterocycles. The number of rotatable bonds is 4. The first-order valence-corrected chi connectivity index (χ1v) is 6.38. The van der Waals surface area contributed by atoms with E-state index in [1.807, 2.05) is 19.1 Å². The van der Waals surface area contributed by atoms with Gasteiger partial charge in [-0.15, -0.1) is 11.8 Å². The molecule has 0 saturated carbocycles. The molecule has 0 radical (unpaired) electrons. The molecule has 0 aliphatic heterocycles.